The lowest BCUT2D eigenvalue weighted by molar-refractivity contribution is 0.289. The lowest BCUT2D eigenvalue weighted by Crippen LogP contribution is -2.22. The van der Waals surface area contributed by atoms with E-state index in [0.29, 0.717) is 34.9 Å². The van der Waals surface area contributed by atoms with Crippen molar-refractivity contribution in [2.75, 3.05) is 45.1 Å². The van der Waals surface area contributed by atoms with Crippen LogP contribution in [0.4, 0.5) is 11.4 Å². The molecule has 0 aromatic heterocycles. The zero-order chi connectivity index (χ0) is 25.4. The summed E-state index contributed by atoms with van der Waals surface area (Å²) in [5.41, 5.74) is 2.56. The molecule has 6 nitrogen and oxygen atoms in total. The highest BCUT2D eigenvalue weighted by atomic mass is 31.2. The van der Waals surface area contributed by atoms with E-state index < -0.39 is 13.2 Å². The van der Waals surface area contributed by atoms with Crippen LogP contribution in [0.3, 0.4) is 0 Å². The van der Waals surface area contributed by atoms with Gasteiger partial charge >= 0.3 is 0 Å². The Bertz CT molecular complexity index is 1120. The molecule has 0 aliphatic rings. The second kappa shape index (κ2) is 12.1. The third-order valence-electron chi connectivity index (χ3n) is 5.85. The van der Waals surface area contributed by atoms with Gasteiger partial charge < -0.3 is 24.2 Å². The first kappa shape index (κ1) is 26.7. The van der Waals surface area contributed by atoms with E-state index in [1.165, 1.54) is 0 Å². The molecule has 0 unspecified atom stereocenters. The van der Waals surface area contributed by atoms with Gasteiger partial charge in [-0.25, -0.2) is 0 Å². The van der Waals surface area contributed by atoms with Crippen molar-refractivity contribution < 1.29 is 18.6 Å². The Morgan fingerprint density at radius 3 is 2.17 bits per heavy atom. The first-order valence-corrected chi connectivity index (χ1v) is 13.5. The van der Waals surface area contributed by atoms with Gasteiger partial charge in [0.25, 0.3) is 7.37 Å². The molecule has 0 bridgehead atoms. The van der Waals surface area contributed by atoms with Crippen LogP contribution in [0.5, 0.6) is 11.5 Å². The molecule has 0 heterocycles. The molecular formula is C28H37N2O4P. The van der Waals surface area contributed by atoms with E-state index in [-0.39, 0.29) is 0 Å². The van der Waals surface area contributed by atoms with Crippen molar-refractivity contribution in [3.05, 3.63) is 78.4 Å². The molecule has 3 rings (SSSR count). The van der Waals surface area contributed by atoms with E-state index in [9.17, 15) is 0 Å². The van der Waals surface area contributed by atoms with Crippen LogP contribution < -0.4 is 25.0 Å². The number of rotatable bonds is 12. The first-order valence-electron chi connectivity index (χ1n) is 11.8. The summed E-state index contributed by atoms with van der Waals surface area (Å²) in [6.45, 7) is 4.64. The summed E-state index contributed by atoms with van der Waals surface area (Å²) in [6.07, 6.45) is 0.799. The van der Waals surface area contributed by atoms with Gasteiger partial charge in [-0.15, -0.1) is 0 Å². The molecule has 0 aliphatic carbocycles. The summed E-state index contributed by atoms with van der Waals surface area (Å²) < 4.78 is 32.6. The van der Waals surface area contributed by atoms with Crippen molar-refractivity contribution in [1.29, 1.82) is 0 Å². The quantitative estimate of drug-likeness (QED) is 0.287. The molecule has 1 N–H and O–H groups in total. The van der Waals surface area contributed by atoms with Crippen molar-refractivity contribution in [3.8, 4) is 11.5 Å². The van der Waals surface area contributed by atoms with Gasteiger partial charge in [0, 0.05) is 36.3 Å². The number of benzene rings is 3. The van der Waals surface area contributed by atoms with Gasteiger partial charge in [0.1, 0.15) is 17.3 Å². The maximum atomic E-state index is 15.1. The second-order valence-electron chi connectivity index (χ2n) is 9.04. The van der Waals surface area contributed by atoms with Gasteiger partial charge in [-0.2, -0.15) is 0 Å². The average Bonchev–Trinajstić information content (AvgIpc) is 2.87. The van der Waals surface area contributed by atoms with Gasteiger partial charge in [0.2, 0.25) is 0 Å². The molecule has 0 amide bonds. The highest BCUT2D eigenvalue weighted by molar-refractivity contribution is 7.67. The van der Waals surface area contributed by atoms with E-state index in [1.54, 1.807) is 14.2 Å². The molecule has 35 heavy (non-hydrogen) atoms. The minimum atomic E-state index is -3.51. The Morgan fingerprint density at radius 1 is 0.914 bits per heavy atom. The number of ether oxygens (including phenoxy) is 2. The Labute approximate surface area is 209 Å². The zero-order valence-corrected chi connectivity index (χ0v) is 22.4. The van der Waals surface area contributed by atoms with Gasteiger partial charge in [0.15, 0.2) is 0 Å². The fourth-order valence-corrected chi connectivity index (χ4v) is 6.20. The Kier molecular flexibility index (Phi) is 9.25. The van der Waals surface area contributed by atoms with E-state index in [0.717, 1.165) is 17.8 Å². The summed E-state index contributed by atoms with van der Waals surface area (Å²) in [5.74, 6) is 0.980. The molecule has 7 heteroatoms. The summed E-state index contributed by atoms with van der Waals surface area (Å²) in [7, 11) is 3.68. The first-order chi connectivity index (χ1) is 16.8. The number of hydrogen-bond acceptors (Lipinski definition) is 6. The minimum Gasteiger partial charge on any atom is -0.497 e. The van der Waals surface area contributed by atoms with E-state index in [2.05, 4.69) is 19.2 Å². The fraction of sp³-hybridized carbons (Fsp3) is 0.357. The Hall–Kier alpha value is -2.95. The highest BCUT2D eigenvalue weighted by Gasteiger charge is 2.40. The molecule has 0 spiro atoms. The molecule has 0 aliphatic heterocycles. The third-order valence-corrected chi connectivity index (χ3v) is 8.52. The van der Waals surface area contributed by atoms with Crippen molar-refractivity contribution in [2.24, 2.45) is 5.92 Å². The average molecular weight is 497 g/mol. The number of nitrogens with one attached hydrogen (secondary N) is 1. The topological polar surface area (TPSA) is 60.0 Å². The predicted octanol–water partition coefficient (Wildman–Crippen LogP) is 6.55. The van der Waals surface area contributed by atoms with Crippen LogP contribution in [0.25, 0.3) is 0 Å². The van der Waals surface area contributed by atoms with E-state index in [4.69, 9.17) is 14.0 Å². The summed E-state index contributed by atoms with van der Waals surface area (Å²) >= 11 is 0. The van der Waals surface area contributed by atoms with Crippen LogP contribution in [0, 0.1) is 5.92 Å². The molecule has 0 saturated carbocycles. The molecule has 0 saturated heterocycles. The molecule has 3 aromatic rings. The summed E-state index contributed by atoms with van der Waals surface area (Å²) in [5, 5.41) is 4.15. The number of methoxy groups -OCH3 is 2. The van der Waals surface area contributed by atoms with Crippen molar-refractivity contribution in [1.82, 2.24) is 0 Å². The van der Waals surface area contributed by atoms with E-state index >= 15 is 4.57 Å². The third kappa shape index (κ3) is 6.59. The lowest BCUT2D eigenvalue weighted by Gasteiger charge is -2.31. The van der Waals surface area contributed by atoms with Crippen molar-refractivity contribution in [2.45, 2.75) is 26.1 Å². The van der Waals surface area contributed by atoms with Crippen LogP contribution >= 0.6 is 7.37 Å². The van der Waals surface area contributed by atoms with Crippen LogP contribution in [0.15, 0.2) is 72.8 Å². The molecule has 188 valence electrons. The number of hydrogen-bond donors (Lipinski definition) is 1. The second-order valence-corrected chi connectivity index (χ2v) is 11.5. The van der Waals surface area contributed by atoms with Crippen LogP contribution in [-0.4, -0.2) is 34.9 Å². The predicted molar refractivity (Wildman–Crippen MR) is 146 cm³/mol. The van der Waals surface area contributed by atoms with Crippen molar-refractivity contribution in [3.63, 3.8) is 0 Å². The van der Waals surface area contributed by atoms with Gasteiger partial charge in [-0.05, 0) is 66.9 Å². The van der Waals surface area contributed by atoms with Crippen LogP contribution in [0.2, 0.25) is 0 Å². The van der Waals surface area contributed by atoms with Crippen LogP contribution in [0.1, 0.15) is 31.6 Å². The maximum absolute atomic E-state index is 15.1. The number of anilines is 2. The van der Waals surface area contributed by atoms with Gasteiger partial charge in [-0.3, -0.25) is 4.57 Å². The van der Waals surface area contributed by atoms with Gasteiger partial charge in [0.05, 0.1) is 20.8 Å². The summed E-state index contributed by atoms with van der Waals surface area (Å²) in [4.78, 5) is 2.01. The monoisotopic (exact) mass is 496 g/mol. The largest absolute Gasteiger partial charge is 0.497 e. The Morgan fingerprint density at radius 2 is 1.60 bits per heavy atom. The summed E-state index contributed by atoms with van der Waals surface area (Å²) in [6, 6.07) is 23.0. The zero-order valence-electron chi connectivity index (χ0n) is 21.5. The lowest BCUT2D eigenvalue weighted by atomic mass is 10.1. The molecule has 3 aromatic carbocycles. The Balaban J connectivity index is 2.19. The van der Waals surface area contributed by atoms with Crippen LogP contribution in [-0.2, 0) is 9.09 Å². The maximum Gasteiger partial charge on any atom is 0.258 e. The number of para-hydroxylation sites is 1. The van der Waals surface area contributed by atoms with E-state index in [1.807, 2.05) is 91.8 Å². The number of nitrogens with zero attached hydrogens (tertiary/aromatic N) is 1. The molecule has 0 radical (unpaired) electrons. The fourth-order valence-electron chi connectivity index (χ4n) is 3.77. The minimum absolute atomic E-state index is 0.379. The van der Waals surface area contributed by atoms with Crippen molar-refractivity contribution >= 4 is 24.0 Å². The molecule has 0 fully saturated rings. The smallest absolute Gasteiger partial charge is 0.258 e. The molecular weight excluding hydrogens is 459 g/mol. The van der Waals surface area contributed by atoms with Gasteiger partial charge in [-0.1, -0.05) is 32.0 Å². The highest BCUT2D eigenvalue weighted by Crippen LogP contribution is 2.61. The standard InChI is InChI=1S/C28H37N2O4P/c1-21(2)18-19-34-35(31,25-15-12-23(13-16-25)30(3)4)28(29-22-10-8-7-9-11-22)26-20-24(32-5)14-17-27(26)33-6/h7-17,20-21,28-29H,18-19H2,1-6H3/t28-,35-/m0/s1. The SMILES string of the molecule is COc1ccc(OC)c([C@@H](Nc2ccccc2)[P@@](=O)(OCCC(C)C)c2ccc(N(C)C)cc2)c1. The molecule has 2 atom stereocenters. The normalized spacial score (nSPS) is 13.7.